The number of rotatable bonds is 5. The monoisotopic (exact) mass is 225 g/mol. The van der Waals surface area contributed by atoms with E-state index in [9.17, 15) is 4.79 Å². The molecule has 0 N–H and O–H groups in total. The predicted molar refractivity (Wildman–Crippen MR) is 65.0 cm³/mol. The lowest BCUT2D eigenvalue weighted by Gasteiger charge is -2.20. The molecule has 1 aromatic rings. The second kappa shape index (κ2) is 5.76. The summed E-state index contributed by atoms with van der Waals surface area (Å²) in [5.74, 6) is 0. The van der Waals surface area contributed by atoms with Gasteiger partial charge in [0.1, 0.15) is 0 Å². The van der Waals surface area contributed by atoms with E-state index in [1.54, 1.807) is 12.1 Å². The molecule has 1 aromatic carbocycles. The lowest BCUT2D eigenvalue weighted by molar-refractivity contribution is 0.112. The molecular formula is C12H16ClNO. The first-order chi connectivity index (χ1) is 7.19. The SMILES string of the molecule is CCCCN(C)c1cc(Cl)ccc1C=O. The van der Waals surface area contributed by atoms with Crippen LogP contribution in [0.15, 0.2) is 18.2 Å². The Bertz CT molecular complexity index is 338. The molecule has 0 aliphatic carbocycles. The lowest BCUT2D eigenvalue weighted by Crippen LogP contribution is -2.19. The van der Waals surface area contributed by atoms with Gasteiger partial charge in [0.2, 0.25) is 0 Å². The van der Waals surface area contributed by atoms with Crippen molar-refractivity contribution >= 4 is 23.6 Å². The molecule has 82 valence electrons. The number of aldehydes is 1. The molecular weight excluding hydrogens is 210 g/mol. The number of hydrogen-bond acceptors (Lipinski definition) is 2. The number of benzene rings is 1. The van der Waals surface area contributed by atoms with Gasteiger partial charge in [0.05, 0.1) is 0 Å². The highest BCUT2D eigenvalue weighted by molar-refractivity contribution is 6.31. The smallest absolute Gasteiger partial charge is 0.152 e. The van der Waals surface area contributed by atoms with E-state index in [0.29, 0.717) is 10.6 Å². The van der Waals surface area contributed by atoms with Crippen LogP contribution in [0.5, 0.6) is 0 Å². The van der Waals surface area contributed by atoms with Crippen LogP contribution in [0.4, 0.5) is 5.69 Å². The van der Waals surface area contributed by atoms with Crippen LogP contribution in [0.25, 0.3) is 0 Å². The van der Waals surface area contributed by atoms with Gasteiger partial charge in [-0.1, -0.05) is 24.9 Å². The summed E-state index contributed by atoms with van der Waals surface area (Å²) >= 11 is 5.91. The normalized spacial score (nSPS) is 10.1. The van der Waals surface area contributed by atoms with Crippen molar-refractivity contribution in [2.75, 3.05) is 18.5 Å². The van der Waals surface area contributed by atoms with Gasteiger partial charge < -0.3 is 4.90 Å². The van der Waals surface area contributed by atoms with E-state index in [1.165, 1.54) is 0 Å². The van der Waals surface area contributed by atoms with Crippen LogP contribution in [-0.4, -0.2) is 19.9 Å². The third-order valence-electron chi connectivity index (χ3n) is 2.38. The summed E-state index contributed by atoms with van der Waals surface area (Å²) in [4.78, 5) is 12.9. The van der Waals surface area contributed by atoms with E-state index in [0.717, 1.165) is 31.4 Å². The molecule has 0 saturated carbocycles. The molecule has 0 aliphatic heterocycles. The van der Waals surface area contributed by atoms with Crippen molar-refractivity contribution in [3.05, 3.63) is 28.8 Å². The minimum absolute atomic E-state index is 0.666. The van der Waals surface area contributed by atoms with Crippen LogP contribution in [0.2, 0.25) is 5.02 Å². The fourth-order valence-corrected chi connectivity index (χ4v) is 1.63. The quantitative estimate of drug-likeness (QED) is 0.716. The summed E-state index contributed by atoms with van der Waals surface area (Å²) in [5.41, 5.74) is 1.60. The Morgan fingerprint density at radius 3 is 2.80 bits per heavy atom. The second-order valence-electron chi connectivity index (χ2n) is 3.60. The topological polar surface area (TPSA) is 20.3 Å². The minimum Gasteiger partial charge on any atom is -0.374 e. The Hall–Kier alpha value is -1.02. The van der Waals surface area contributed by atoms with Gasteiger partial charge in [0, 0.05) is 29.9 Å². The molecule has 0 heterocycles. The summed E-state index contributed by atoms with van der Waals surface area (Å²) < 4.78 is 0. The van der Waals surface area contributed by atoms with Crippen molar-refractivity contribution in [3.63, 3.8) is 0 Å². The third-order valence-corrected chi connectivity index (χ3v) is 2.61. The van der Waals surface area contributed by atoms with Gasteiger partial charge in [-0.05, 0) is 24.6 Å². The van der Waals surface area contributed by atoms with Crippen LogP contribution in [0.3, 0.4) is 0 Å². The average Bonchev–Trinajstić information content (AvgIpc) is 2.25. The number of hydrogen-bond donors (Lipinski definition) is 0. The highest BCUT2D eigenvalue weighted by Crippen LogP contribution is 2.23. The summed E-state index contributed by atoms with van der Waals surface area (Å²) in [7, 11) is 1.98. The van der Waals surface area contributed by atoms with Gasteiger partial charge >= 0.3 is 0 Å². The maximum atomic E-state index is 10.8. The highest BCUT2D eigenvalue weighted by atomic mass is 35.5. The Morgan fingerprint density at radius 2 is 2.20 bits per heavy atom. The first kappa shape index (κ1) is 12.1. The Kier molecular flexibility index (Phi) is 4.63. The number of nitrogens with zero attached hydrogens (tertiary/aromatic N) is 1. The number of anilines is 1. The highest BCUT2D eigenvalue weighted by Gasteiger charge is 2.06. The van der Waals surface area contributed by atoms with Crippen molar-refractivity contribution in [2.45, 2.75) is 19.8 Å². The molecule has 0 unspecified atom stereocenters. The maximum Gasteiger partial charge on any atom is 0.152 e. The zero-order valence-corrected chi connectivity index (χ0v) is 9.92. The molecule has 0 fully saturated rings. The number of carbonyl (C=O) groups excluding carboxylic acids is 1. The van der Waals surface area contributed by atoms with Crippen LogP contribution in [0.1, 0.15) is 30.1 Å². The van der Waals surface area contributed by atoms with Gasteiger partial charge in [-0.25, -0.2) is 0 Å². The average molecular weight is 226 g/mol. The fraction of sp³-hybridized carbons (Fsp3) is 0.417. The van der Waals surface area contributed by atoms with Crippen LogP contribution in [0, 0.1) is 0 Å². The Morgan fingerprint density at radius 1 is 1.47 bits per heavy atom. The lowest BCUT2D eigenvalue weighted by atomic mass is 10.1. The van der Waals surface area contributed by atoms with Gasteiger partial charge in [-0.2, -0.15) is 0 Å². The Labute approximate surface area is 95.8 Å². The second-order valence-corrected chi connectivity index (χ2v) is 4.03. The molecule has 0 radical (unpaired) electrons. The van der Waals surface area contributed by atoms with E-state index < -0.39 is 0 Å². The standard InChI is InChI=1S/C12H16ClNO/c1-3-4-7-14(2)12-8-11(13)6-5-10(12)9-15/h5-6,8-9H,3-4,7H2,1-2H3. The van der Waals surface area contributed by atoms with Crippen molar-refractivity contribution in [3.8, 4) is 0 Å². The predicted octanol–water partition coefficient (Wildman–Crippen LogP) is 3.39. The fourth-order valence-electron chi connectivity index (χ4n) is 1.46. The molecule has 0 atom stereocenters. The largest absolute Gasteiger partial charge is 0.374 e. The van der Waals surface area contributed by atoms with Crippen LogP contribution < -0.4 is 4.90 Å². The number of halogens is 1. The molecule has 0 aromatic heterocycles. The van der Waals surface area contributed by atoms with Crippen molar-refractivity contribution in [1.82, 2.24) is 0 Å². The van der Waals surface area contributed by atoms with Crippen LogP contribution >= 0.6 is 11.6 Å². The van der Waals surface area contributed by atoms with E-state index in [1.807, 2.05) is 13.1 Å². The zero-order valence-electron chi connectivity index (χ0n) is 9.16. The molecule has 1 rings (SSSR count). The Balaban J connectivity index is 2.89. The molecule has 0 amide bonds. The molecule has 2 nitrogen and oxygen atoms in total. The zero-order chi connectivity index (χ0) is 11.3. The van der Waals surface area contributed by atoms with Gasteiger partial charge in [0.15, 0.2) is 6.29 Å². The van der Waals surface area contributed by atoms with E-state index in [-0.39, 0.29) is 0 Å². The number of unbranched alkanes of at least 4 members (excludes halogenated alkanes) is 1. The first-order valence-electron chi connectivity index (χ1n) is 5.15. The summed E-state index contributed by atoms with van der Waals surface area (Å²) in [6.45, 7) is 3.09. The third kappa shape index (κ3) is 3.24. The van der Waals surface area contributed by atoms with E-state index in [2.05, 4.69) is 11.8 Å². The first-order valence-corrected chi connectivity index (χ1v) is 5.52. The minimum atomic E-state index is 0.666. The van der Waals surface area contributed by atoms with E-state index in [4.69, 9.17) is 11.6 Å². The van der Waals surface area contributed by atoms with Gasteiger partial charge in [0.25, 0.3) is 0 Å². The van der Waals surface area contributed by atoms with Gasteiger partial charge in [-0.15, -0.1) is 0 Å². The molecule has 0 bridgehead atoms. The molecule has 0 aliphatic rings. The molecule has 0 saturated heterocycles. The van der Waals surface area contributed by atoms with Gasteiger partial charge in [-0.3, -0.25) is 4.79 Å². The van der Waals surface area contributed by atoms with Crippen molar-refractivity contribution < 1.29 is 4.79 Å². The van der Waals surface area contributed by atoms with E-state index >= 15 is 0 Å². The van der Waals surface area contributed by atoms with Crippen molar-refractivity contribution in [2.24, 2.45) is 0 Å². The summed E-state index contributed by atoms with van der Waals surface area (Å²) in [5, 5.41) is 0.666. The maximum absolute atomic E-state index is 10.8. The molecule has 3 heteroatoms. The summed E-state index contributed by atoms with van der Waals surface area (Å²) in [6.07, 6.45) is 3.12. The molecule has 15 heavy (non-hydrogen) atoms. The molecule has 0 spiro atoms. The van der Waals surface area contributed by atoms with Crippen LogP contribution in [-0.2, 0) is 0 Å². The summed E-state index contributed by atoms with van der Waals surface area (Å²) in [6, 6.07) is 5.33. The number of carbonyl (C=O) groups is 1. The van der Waals surface area contributed by atoms with Crippen molar-refractivity contribution in [1.29, 1.82) is 0 Å².